The lowest BCUT2D eigenvalue weighted by Crippen LogP contribution is -2.61. The molecule has 2 aliphatic heterocycles. The maximum atomic E-state index is 13.9. The predicted molar refractivity (Wildman–Crippen MR) is 196 cm³/mol. The Labute approximate surface area is 297 Å². The fraction of sp³-hybridized carbons (Fsp3) is 0.524. The number of benzene rings is 3. The summed E-state index contributed by atoms with van der Waals surface area (Å²) in [7, 11) is 0. The lowest BCUT2D eigenvalue weighted by Gasteiger charge is -2.51. The van der Waals surface area contributed by atoms with E-state index in [0.717, 1.165) is 52.6 Å². The minimum Gasteiger partial charge on any atom is -0.392 e. The van der Waals surface area contributed by atoms with Gasteiger partial charge in [0.15, 0.2) is 6.29 Å². The van der Waals surface area contributed by atoms with Crippen LogP contribution >= 0.6 is 0 Å². The molecule has 268 valence electrons. The molecule has 6 rings (SSSR count). The van der Waals surface area contributed by atoms with Gasteiger partial charge in [0, 0.05) is 43.1 Å². The number of nitrogens with zero attached hydrogens (tertiary/aromatic N) is 1. The van der Waals surface area contributed by atoms with Crippen molar-refractivity contribution in [1.82, 2.24) is 15.5 Å². The second-order valence-electron chi connectivity index (χ2n) is 15.7. The van der Waals surface area contributed by atoms with Crippen molar-refractivity contribution in [2.24, 2.45) is 11.8 Å². The Balaban J connectivity index is 1.32. The van der Waals surface area contributed by atoms with Crippen molar-refractivity contribution in [2.45, 2.75) is 122 Å². The summed E-state index contributed by atoms with van der Waals surface area (Å²) in [6, 6.07) is 24.7. The van der Waals surface area contributed by atoms with E-state index in [2.05, 4.69) is 85.7 Å². The van der Waals surface area contributed by atoms with Crippen molar-refractivity contribution in [3.63, 3.8) is 0 Å². The molecule has 3 aromatic rings. The average Bonchev–Trinajstić information content (AvgIpc) is 3.11. The van der Waals surface area contributed by atoms with Crippen LogP contribution in [0.2, 0.25) is 0 Å². The molecular formula is C42H55N3O5. The molecule has 0 unspecified atom stereocenters. The zero-order valence-corrected chi connectivity index (χ0v) is 30.4. The molecule has 0 bridgehead atoms. The van der Waals surface area contributed by atoms with Crippen LogP contribution in [-0.4, -0.2) is 52.1 Å². The van der Waals surface area contributed by atoms with E-state index < -0.39 is 6.29 Å². The highest BCUT2D eigenvalue weighted by atomic mass is 16.7. The van der Waals surface area contributed by atoms with Crippen LogP contribution in [0.1, 0.15) is 108 Å². The fourth-order valence-corrected chi connectivity index (χ4v) is 8.22. The number of piperidine rings is 1. The Morgan fingerprint density at radius 1 is 0.860 bits per heavy atom. The zero-order valence-electron chi connectivity index (χ0n) is 30.4. The summed E-state index contributed by atoms with van der Waals surface area (Å²) in [5.74, 6) is 0.670. The van der Waals surface area contributed by atoms with Gasteiger partial charge in [0.05, 0.1) is 24.9 Å². The standard InChI is InChI=1S/C42H55N3O5/c1-27-38(25-45-36-15-7-6-11-31(36)20-21-37(45)40(48)44-42(3,4)5)49-41(50-39(27)32-18-16-29(26-46)17-19-32)35-14-9-13-34(23-35)33-12-8-10-30(22-33)24-43-28(2)47/h8-10,12-14,16-19,22-23,27,31,36-39,41,46H,6-7,11,15,20-21,24-26H2,1-5H3,(H,43,47)(H,44,48)/t27-,31+,36+,37+,38+,39+,41+/m0/s1. The normalized spacial score (nSPS) is 27.3. The summed E-state index contributed by atoms with van der Waals surface area (Å²) in [5, 5.41) is 15.9. The Hall–Kier alpha value is -3.56. The molecule has 1 saturated carbocycles. The van der Waals surface area contributed by atoms with Gasteiger partial charge in [0.2, 0.25) is 11.8 Å². The third-order valence-corrected chi connectivity index (χ3v) is 10.8. The first-order chi connectivity index (χ1) is 24.0. The number of hydrogen-bond acceptors (Lipinski definition) is 6. The number of hydrogen-bond donors (Lipinski definition) is 3. The molecule has 2 heterocycles. The predicted octanol–water partition coefficient (Wildman–Crippen LogP) is 7.21. The molecule has 8 heteroatoms. The largest absolute Gasteiger partial charge is 0.392 e. The van der Waals surface area contributed by atoms with Crippen LogP contribution in [0.5, 0.6) is 0 Å². The number of carbonyl (C=O) groups is 2. The number of fused-ring (bicyclic) bond motifs is 1. The highest BCUT2D eigenvalue weighted by molar-refractivity contribution is 5.82. The smallest absolute Gasteiger partial charge is 0.237 e. The molecule has 8 nitrogen and oxygen atoms in total. The van der Waals surface area contributed by atoms with Crippen LogP contribution < -0.4 is 10.6 Å². The van der Waals surface area contributed by atoms with Gasteiger partial charge in [-0.3, -0.25) is 14.5 Å². The first-order valence-electron chi connectivity index (χ1n) is 18.5. The average molecular weight is 682 g/mol. The van der Waals surface area contributed by atoms with E-state index in [-0.39, 0.29) is 48.1 Å². The molecule has 1 aliphatic carbocycles. The Kier molecular flexibility index (Phi) is 11.4. The number of likely N-dealkylation sites (tertiary alicyclic amines) is 1. The van der Waals surface area contributed by atoms with Crippen molar-refractivity contribution in [2.75, 3.05) is 6.54 Å². The lowest BCUT2D eigenvalue weighted by atomic mass is 9.75. The molecule has 3 aromatic carbocycles. The number of rotatable bonds is 9. The van der Waals surface area contributed by atoms with Crippen molar-refractivity contribution >= 4 is 11.8 Å². The summed E-state index contributed by atoms with van der Waals surface area (Å²) in [6.07, 6.45) is 5.69. The van der Waals surface area contributed by atoms with Gasteiger partial charge in [-0.15, -0.1) is 0 Å². The first-order valence-corrected chi connectivity index (χ1v) is 18.5. The maximum absolute atomic E-state index is 13.9. The van der Waals surface area contributed by atoms with E-state index in [1.54, 1.807) is 0 Å². The Bertz CT molecular complexity index is 1620. The van der Waals surface area contributed by atoms with E-state index >= 15 is 0 Å². The number of nitrogens with one attached hydrogen (secondary N) is 2. The van der Waals surface area contributed by atoms with Crippen LogP contribution in [0.4, 0.5) is 0 Å². The molecule has 3 N–H and O–H groups in total. The summed E-state index contributed by atoms with van der Waals surface area (Å²) in [6.45, 7) is 11.0. The molecule has 50 heavy (non-hydrogen) atoms. The number of carbonyl (C=O) groups excluding carboxylic acids is 2. The lowest BCUT2D eigenvalue weighted by molar-refractivity contribution is -0.278. The molecule has 0 spiro atoms. The number of aliphatic hydroxyl groups is 1. The van der Waals surface area contributed by atoms with E-state index in [1.807, 2.05) is 30.3 Å². The van der Waals surface area contributed by atoms with E-state index in [4.69, 9.17) is 9.47 Å². The minimum atomic E-state index is -0.616. The van der Waals surface area contributed by atoms with Crippen LogP contribution in [0, 0.1) is 11.8 Å². The van der Waals surface area contributed by atoms with Gasteiger partial charge in [-0.25, -0.2) is 0 Å². The van der Waals surface area contributed by atoms with E-state index in [1.165, 1.54) is 26.2 Å². The van der Waals surface area contributed by atoms with Gasteiger partial charge >= 0.3 is 0 Å². The Morgan fingerprint density at radius 3 is 2.30 bits per heavy atom. The SMILES string of the molecule is CC(=O)NCc1cccc(-c2cccc([C@@H]3O[C@H](CN4[C@@H](C(=O)NC(C)(C)C)CC[C@H]5CCCC[C@H]54)[C@H](C)[C@H](c4ccc(CO)cc4)O3)c2)c1. The summed E-state index contributed by atoms with van der Waals surface area (Å²) in [4.78, 5) is 27.9. The molecular weight excluding hydrogens is 626 g/mol. The molecule has 2 amide bonds. The summed E-state index contributed by atoms with van der Waals surface area (Å²) in [5.41, 5.74) is 5.65. The molecule has 3 fully saturated rings. The third kappa shape index (κ3) is 8.65. The van der Waals surface area contributed by atoms with Crippen molar-refractivity contribution in [3.8, 4) is 11.1 Å². The number of ether oxygens (including phenoxy) is 2. The topological polar surface area (TPSA) is 100 Å². The number of amides is 2. The highest BCUT2D eigenvalue weighted by Crippen LogP contribution is 2.45. The second kappa shape index (κ2) is 15.8. The van der Waals surface area contributed by atoms with Gasteiger partial charge < -0.3 is 25.2 Å². The summed E-state index contributed by atoms with van der Waals surface area (Å²) >= 11 is 0. The highest BCUT2D eigenvalue weighted by Gasteiger charge is 2.46. The van der Waals surface area contributed by atoms with Crippen molar-refractivity contribution in [1.29, 1.82) is 0 Å². The van der Waals surface area contributed by atoms with Gasteiger partial charge in [0.25, 0.3) is 0 Å². The van der Waals surface area contributed by atoms with Crippen LogP contribution in [0.15, 0.2) is 72.8 Å². The van der Waals surface area contributed by atoms with Crippen LogP contribution in [-0.2, 0) is 32.2 Å². The second-order valence-corrected chi connectivity index (χ2v) is 15.7. The minimum absolute atomic E-state index is 0.00941. The van der Waals surface area contributed by atoms with E-state index in [9.17, 15) is 14.7 Å². The molecule has 0 aromatic heterocycles. The van der Waals surface area contributed by atoms with E-state index in [0.29, 0.717) is 25.0 Å². The third-order valence-electron chi connectivity index (χ3n) is 10.8. The first kappa shape index (κ1) is 36.2. The van der Waals surface area contributed by atoms with Crippen LogP contribution in [0.3, 0.4) is 0 Å². The molecule has 3 aliphatic rings. The number of aliphatic hydroxyl groups excluding tert-OH is 1. The van der Waals surface area contributed by atoms with Gasteiger partial charge in [-0.05, 0) is 92.3 Å². The van der Waals surface area contributed by atoms with Gasteiger partial charge in [-0.2, -0.15) is 0 Å². The molecule has 2 saturated heterocycles. The Morgan fingerprint density at radius 2 is 1.58 bits per heavy atom. The molecule has 7 atom stereocenters. The van der Waals surface area contributed by atoms with Crippen LogP contribution in [0.25, 0.3) is 11.1 Å². The van der Waals surface area contributed by atoms with Gasteiger partial charge in [0.1, 0.15) is 0 Å². The van der Waals surface area contributed by atoms with Crippen molar-refractivity contribution < 1.29 is 24.2 Å². The zero-order chi connectivity index (χ0) is 35.4. The van der Waals surface area contributed by atoms with Crippen molar-refractivity contribution in [3.05, 3.63) is 95.1 Å². The summed E-state index contributed by atoms with van der Waals surface area (Å²) < 4.78 is 13.8. The van der Waals surface area contributed by atoms with Gasteiger partial charge in [-0.1, -0.05) is 80.4 Å². The quantitative estimate of drug-likeness (QED) is 0.221. The fourth-order valence-electron chi connectivity index (χ4n) is 8.22. The maximum Gasteiger partial charge on any atom is 0.237 e. The molecule has 0 radical (unpaired) electrons. The monoisotopic (exact) mass is 681 g/mol.